The van der Waals surface area contributed by atoms with Crippen molar-refractivity contribution in [3.8, 4) is 11.1 Å². The molecular formula is C28H31NO3. The Morgan fingerprint density at radius 1 is 1.06 bits per heavy atom. The van der Waals surface area contributed by atoms with Crippen LogP contribution < -0.4 is 0 Å². The summed E-state index contributed by atoms with van der Waals surface area (Å²) >= 11 is 0. The lowest BCUT2D eigenvalue weighted by atomic mass is 9.76. The molecular weight excluding hydrogens is 398 g/mol. The molecule has 0 saturated carbocycles. The molecule has 3 heterocycles. The molecule has 1 aliphatic carbocycles. The smallest absolute Gasteiger partial charge is 0.410 e. The Balaban J connectivity index is 1.18. The highest BCUT2D eigenvalue weighted by Crippen LogP contribution is 2.45. The van der Waals surface area contributed by atoms with Crippen LogP contribution in [0.3, 0.4) is 0 Å². The van der Waals surface area contributed by atoms with Gasteiger partial charge in [-0.2, -0.15) is 0 Å². The molecule has 0 aromatic heterocycles. The minimum Gasteiger partial charge on any atom is -0.448 e. The first kappa shape index (κ1) is 20.0. The Kier molecular flexibility index (Phi) is 4.87. The van der Waals surface area contributed by atoms with Crippen LogP contribution in [0, 0.1) is 5.41 Å². The predicted octanol–water partition coefficient (Wildman–Crippen LogP) is 5.92. The van der Waals surface area contributed by atoms with Gasteiger partial charge in [0, 0.05) is 17.4 Å². The number of fused-ring (bicyclic) bond motifs is 5. The van der Waals surface area contributed by atoms with Gasteiger partial charge in [-0.3, -0.25) is 4.90 Å². The molecule has 4 nitrogen and oxygen atoms in total. The first-order valence-electron chi connectivity index (χ1n) is 12.0. The summed E-state index contributed by atoms with van der Waals surface area (Å²) in [6, 6.07) is 17.5. The van der Waals surface area contributed by atoms with E-state index in [9.17, 15) is 4.79 Å². The molecule has 2 bridgehead atoms. The highest BCUT2D eigenvalue weighted by Gasteiger charge is 2.41. The van der Waals surface area contributed by atoms with Crippen molar-refractivity contribution in [2.75, 3.05) is 19.8 Å². The van der Waals surface area contributed by atoms with Gasteiger partial charge in [0.1, 0.15) is 6.61 Å². The van der Waals surface area contributed by atoms with Crippen LogP contribution in [0.2, 0.25) is 0 Å². The zero-order valence-corrected chi connectivity index (χ0v) is 18.8. The minimum absolute atomic E-state index is 0.112. The minimum atomic E-state index is -0.143. The van der Waals surface area contributed by atoms with Crippen molar-refractivity contribution < 1.29 is 14.3 Å². The van der Waals surface area contributed by atoms with Gasteiger partial charge < -0.3 is 9.47 Å². The van der Waals surface area contributed by atoms with Crippen LogP contribution in [-0.4, -0.2) is 42.9 Å². The largest absolute Gasteiger partial charge is 0.448 e. The maximum atomic E-state index is 13.3. The first-order valence-corrected chi connectivity index (χ1v) is 12.0. The van der Waals surface area contributed by atoms with Gasteiger partial charge in [-0.1, -0.05) is 67.1 Å². The molecule has 2 saturated heterocycles. The van der Waals surface area contributed by atoms with Gasteiger partial charge >= 0.3 is 6.09 Å². The molecule has 2 aromatic carbocycles. The third-order valence-electron chi connectivity index (χ3n) is 7.82. The Morgan fingerprint density at radius 2 is 1.75 bits per heavy atom. The van der Waals surface area contributed by atoms with E-state index >= 15 is 0 Å². The molecule has 32 heavy (non-hydrogen) atoms. The summed E-state index contributed by atoms with van der Waals surface area (Å²) in [4.78, 5) is 15.3. The van der Waals surface area contributed by atoms with E-state index in [1.807, 2.05) is 4.90 Å². The number of hydrogen-bond acceptors (Lipinski definition) is 3. The summed E-state index contributed by atoms with van der Waals surface area (Å²) in [6.07, 6.45) is 7.60. The monoisotopic (exact) mass is 429 g/mol. The third-order valence-corrected chi connectivity index (χ3v) is 7.82. The third kappa shape index (κ3) is 3.36. The second-order valence-corrected chi connectivity index (χ2v) is 10.4. The van der Waals surface area contributed by atoms with E-state index in [4.69, 9.17) is 9.47 Å². The molecule has 2 atom stereocenters. The fourth-order valence-electron chi connectivity index (χ4n) is 6.30. The van der Waals surface area contributed by atoms with Crippen molar-refractivity contribution in [1.82, 2.24) is 4.90 Å². The van der Waals surface area contributed by atoms with Gasteiger partial charge in [-0.25, -0.2) is 4.79 Å². The van der Waals surface area contributed by atoms with Crippen LogP contribution in [0.4, 0.5) is 4.79 Å². The fourth-order valence-corrected chi connectivity index (χ4v) is 6.30. The van der Waals surface area contributed by atoms with Crippen LogP contribution in [0.5, 0.6) is 0 Å². The van der Waals surface area contributed by atoms with Crippen LogP contribution in [-0.2, 0) is 9.47 Å². The van der Waals surface area contributed by atoms with E-state index in [1.165, 1.54) is 34.2 Å². The molecule has 4 aliphatic rings. The topological polar surface area (TPSA) is 38.8 Å². The summed E-state index contributed by atoms with van der Waals surface area (Å²) in [5.74, 6) is 0.112. The number of nitrogens with zero attached hydrogens (tertiary/aromatic N) is 1. The van der Waals surface area contributed by atoms with Crippen LogP contribution in [0.25, 0.3) is 11.1 Å². The van der Waals surface area contributed by atoms with E-state index in [0.717, 1.165) is 38.9 Å². The Labute approximate surface area is 190 Å². The van der Waals surface area contributed by atoms with Gasteiger partial charge in [-0.15, -0.1) is 0 Å². The van der Waals surface area contributed by atoms with Crippen LogP contribution in [0.1, 0.15) is 56.1 Å². The zero-order chi connectivity index (χ0) is 21.7. The van der Waals surface area contributed by atoms with E-state index in [2.05, 4.69) is 61.5 Å². The summed E-state index contributed by atoms with van der Waals surface area (Å²) < 4.78 is 11.5. The lowest BCUT2D eigenvalue weighted by Gasteiger charge is -2.46. The molecule has 3 aliphatic heterocycles. The molecule has 1 amide bonds. The molecule has 4 heteroatoms. The molecule has 2 unspecified atom stereocenters. The normalized spacial score (nSPS) is 25.4. The lowest BCUT2D eigenvalue weighted by Crippen LogP contribution is -2.52. The average Bonchev–Trinajstić information content (AvgIpc) is 3.09. The molecule has 2 aromatic rings. The van der Waals surface area contributed by atoms with Crippen LogP contribution >= 0.6 is 0 Å². The Hall–Kier alpha value is -2.59. The van der Waals surface area contributed by atoms with Gasteiger partial charge in [0.15, 0.2) is 0 Å². The molecule has 6 rings (SSSR count). The maximum absolute atomic E-state index is 13.3. The molecule has 166 valence electrons. The number of benzene rings is 2. The highest BCUT2D eigenvalue weighted by atomic mass is 16.6. The van der Waals surface area contributed by atoms with Crippen LogP contribution in [0.15, 0.2) is 60.2 Å². The number of carbonyl (C=O) groups excluding carboxylic acids is 1. The van der Waals surface area contributed by atoms with Crippen molar-refractivity contribution in [3.63, 3.8) is 0 Å². The van der Waals surface area contributed by atoms with E-state index in [0.29, 0.717) is 6.61 Å². The van der Waals surface area contributed by atoms with E-state index in [-0.39, 0.29) is 29.5 Å². The Bertz CT molecular complexity index is 1020. The second-order valence-electron chi connectivity index (χ2n) is 10.4. The fraction of sp³-hybridized carbons (Fsp3) is 0.464. The summed E-state index contributed by atoms with van der Waals surface area (Å²) in [5, 5.41) is 0. The van der Waals surface area contributed by atoms with Crippen molar-refractivity contribution in [1.29, 1.82) is 0 Å². The summed E-state index contributed by atoms with van der Waals surface area (Å²) in [6.45, 7) is 4.42. The Morgan fingerprint density at radius 3 is 2.38 bits per heavy atom. The second kappa shape index (κ2) is 7.77. The summed E-state index contributed by atoms with van der Waals surface area (Å²) in [5.41, 5.74) is 6.84. The van der Waals surface area contributed by atoms with Crippen molar-refractivity contribution in [2.24, 2.45) is 5.41 Å². The van der Waals surface area contributed by atoms with E-state index in [1.54, 1.807) is 0 Å². The van der Waals surface area contributed by atoms with Crippen molar-refractivity contribution in [3.05, 3.63) is 71.3 Å². The predicted molar refractivity (Wildman–Crippen MR) is 125 cm³/mol. The number of amides is 1. The molecule has 0 spiro atoms. The maximum Gasteiger partial charge on any atom is 0.410 e. The number of piperidine rings is 1. The number of carbonyl (C=O) groups is 1. The van der Waals surface area contributed by atoms with E-state index < -0.39 is 0 Å². The number of ether oxygens (including phenoxy) is 2. The lowest BCUT2D eigenvalue weighted by molar-refractivity contribution is -0.101. The summed E-state index contributed by atoms with van der Waals surface area (Å²) in [7, 11) is 0. The zero-order valence-electron chi connectivity index (χ0n) is 18.8. The molecule has 2 fully saturated rings. The SMILES string of the molecule is CC1(CC2=CC3CCCC(C2)N3C(=O)OCC2c3ccccc3-c3ccccc32)COC1. The molecule has 0 radical (unpaired) electrons. The average molecular weight is 430 g/mol. The van der Waals surface area contributed by atoms with Gasteiger partial charge in [0.2, 0.25) is 0 Å². The number of hydrogen-bond donors (Lipinski definition) is 0. The van der Waals surface area contributed by atoms with Gasteiger partial charge in [0.05, 0.1) is 19.3 Å². The van der Waals surface area contributed by atoms with Gasteiger partial charge in [0.25, 0.3) is 0 Å². The quantitative estimate of drug-likeness (QED) is 0.567. The first-order chi connectivity index (χ1) is 15.6. The molecule has 0 N–H and O–H groups in total. The standard InChI is InChI=1S/C28H31NO3/c1-28(17-31-18-28)15-19-13-20-7-6-8-21(14-19)29(20)27(30)32-16-26-24-11-4-2-9-22(24)23-10-3-5-12-25(23)26/h2-5,9-13,20-21,26H,6-8,14-18H2,1H3. The van der Waals surface area contributed by atoms with Crippen molar-refractivity contribution >= 4 is 6.09 Å². The highest BCUT2D eigenvalue weighted by molar-refractivity contribution is 5.79. The van der Waals surface area contributed by atoms with Crippen molar-refractivity contribution in [2.45, 2.75) is 57.0 Å². The van der Waals surface area contributed by atoms with Gasteiger partial charge in [-0.05, 0) is 54.4 Å². The number of rotatable bonds is 4.